The lowest BCUT2D eigenvalue weighted by atomic mass is 10.4. The van der Waals surface area contributed by atoms with E-state index < -0.39 is 11.1 Å². The minimum atomic E-state index is -0.696. The van der Waals surface area contributed by atoms with E-state index in [1.54, 1.807) is 11.8 Å². The quantitative estimate of drug-likeness (QED) is 0.199. The molecule has 0 radical (unpaired) electrons. The maximum Gasteiger partial charge on any atom is 0.238 e. The van der Waals surface area contributed by atoms with Gasteiger partial charge in [0.15, 0.2) is 6.17 Å². The molecule has 0 amide bonds. The van der Waals surface area contributed by atoms with Gasteiger partial charge in [0.05, 0.1) is 17.6 Å². The fourth-order valence-electron chi connectivity index (χ4n) is 1.88. The van der Waals surface area contributed by atoms with Gasteiger partial charge in [-0.3, -0.25) is 15.4 Å². The zero-order valence-electron chi connectivity index (χ0n) is 13.6. The predicted octanol–water partition coefficient (Wildman–Crippen LogP) is 1.38. The first-order valence-corrected chi connectivity index (χ1v) is 8.29. The molecule has 0 bridgehead atoms. The van der Waals surface area contributed by atoms with E-state index >= 15 is 0 Å². The van der Waals surface area contributed by atoms with E-state index in [0.717, 1.165) is 34.6 Å². The SMILES string of the molecule is CN(C)Cc1ccc(CSCCNC(C[N+](=O)[O-])N(C)N=O)o1. The molecule has 0 spiro atoms. The number of nitroso groups, excluding NO2 is 1. The Labute approximate surface area is 139 Å². The predicted molar refractivity (Wildman–Crippen MR) is 89.5 cm³/mol. The Balaban J connectivity index is 2.26. The highest BCUT2D eigenvalue weighted by atomic mass is 32.2. The molecule has 0 aliphatic heterocycles. The van der Waals surface area contributed by atoms with Crippen LogP contribution in [0.15, 0.2) is 21.8 Å². The molecule has 0 saturated carbocycles. The van der Waals surface area contributed by atoms with E-state index in [0.29, 0.717) is 6.54 Å². The van der Waals surface area contributed by atoms with Gasteiger partial charge in [-0.05, 0) is 26.2 Å². The number of nitro groups is 1. The minimum absolute atomic E-state index is 0.376. The van der Waals surface area contributed by atoms with Gasteiger partial charge < -0.3 is 9.32 Å². The summed E-state index contributed by atoms with van der Waals surface area (Å²) >= 11 is 1.65. The Morgan fingerprint density at radius 2 is 2.09 bits per heavy atom. The van der Waals surface area contributed by atoms with E-state index in [-0.39, 0.29) is 6.54 Å². The highest BCUT2D eigenvalue weighted by molar-refractivity contribution is 7.98. The number of nitrogens with one attached hydrogen (secondary N) is 1. The number of furan rings is 1. The zero-order valence-corrected chi connectivity index (χ0v) is 14.4. The lowest BCUT2D eigenvalue weighted by molar-refractivity contribution is -0.488. The molecular weight excluding hydrogens is 322 g/mol. The maximum absolute atomic E-state index is 10.6. The van der Waals surface area contributed by atoms with Crippen molar-refractivity contribution in [3.8, 4) is 0 Å². The largest absolute Gasteiger partial charge is 0.464 e. The molecule has 1 heterocycles. The number of hydrogen-bond acceptors (Lipinski definition) is 8. The Morgan fingerprint density at radius 1 is 1.39 bits per heavy atom. The van der Waals surface area contributed by atoms with E-state index in [4.69, 9.17) is 4.42 Å². The molecule has 10 heteroatoms. The molecule has 1 atom stereocenters. The van der Waals surface area contributed by atoms with Gasteiger partial charge >= 0.3 is 0 Å². The van der Waals surface area contributed by atoms with Crippen molar-refractivity contribution in [2.75, 3.05) is 40.0 Å². The molecule has 0 aromatic carbocycles. The molecule has 1 unspecified atom stereocenters. The van der Waals surface area contributed by atoms with Gasteiger partial charge in [0.2, 0.25) is 6.54 Å². The summed E-state index contributed by atoms with van der Waals surface area (Å²) in [7, 11) is 5.38. The summed E-state index contributed by atoms with van der Waals surface area (Å²) < 4.78 is 5.69. The highest BCUT2D eigenvalue weighted by Gasteiger charge is 2.19. The summed E-state index contributed by atoms with van der Waals surface area (Å²) in [5.41, 5.74) is 0. The first-order valence-electron chi connectivity index (χ1n) is 7.13. The number of nitrogens with zero attached hydrogens (tertiary/aromatic N) is 4. The van der Waals surface area contributed by atoms with Crippen LogP contribution in [0.2, 0.25) is 0 Å². The second-order valence-electron chi connectivity index (χ2n) is 5.30. The van der Waals surface area contributed by atoms with Crippen molar-refractivity contribution in [3.05, 3.63) is 38.7 Å². The summed E-state index contributed by atoms with van der Waals surface area (Å²) in [6.07, 6.45) is -0.696. The first kappa shape index (κ1) is 19.4. The molecule has 130 valence electrons. The van der Waals surface area contributed by atoms with Crippen molar-refractivity contribution in [1.29, 1.82) is 0 Å². The van der Waals surface area contributed by atoms with Crippen LogP contribution in [-0.4, -0.2) is 61.0 Å². The van der Waals surface area contributed by atoms with Crippen LogP contribution in [0.25, 0.3) is 0 Å². The molecule has 1 rings (SSSR count). The van der Waals surface area contributed by atoms with Crippen LogP contribution in [0.3, 0.4) is 0 Å². The maximum atomic E-state index is 10.6. The van der Waals surface area contributed by atoms with Crippen LogP contribution in [0.5, 0.6) is 0 Å². The second kappa shape index (κ2) is 10.2. The Bertz CT molecular complexity index is 496. The fourth-order valence-corrected chi connectivity index (χ4v) is 2.64. The number of rotatable bonds is 12. The molecule has 9 nitrogen and oxygen atoms in total. The van der Waals surface area contributed by atoms with Crippen LogP contribution >= 0.6 is 11.8 Å². The molecule has 1 N–H and O–H groups in total. The van der Waals surface area contributed by atoms with Crippen LogP contribution in [0, 0.1) is 15.0 Å². The lowest BCUT2D eigenvalue weighted by Crippen LogP contribution is -2.46. The third kappa shape index (κ3) is 7.95. The van der Waals surface area contributed by atoms with Crippen LogP contribution in [0.1, 0.15) is 11.5 Å². The zero-order chi connectivity index (χ0) is 17.2. The summed E-state index contributed by atoms with van der Waals surface area (Å²) in [5, 5.41) is 17.2. The third-order valence-electron chi connectivity index (χ3n) is 2.96. The van der Waals surface area contributed by atoms with Crippen molar-refractivity contribution in [2.24, 2.45) is 5.29 Å². The lowest BCUT2D eigenvalue weighted by Gasteiger charge is -2.20. The first-order chi connectivity index (χ1) is 10.9. The number of hydrogen-bond donors (Lipinski definition) is 1. The summed E-state index contributed by atoms with van der Waals surface area (Å²) in [6.45, 7) is 0.924. The summed E-state index contributed by atoms with van der Waals surface area (Å²) in [5.74, 6) is 3.30. The summed E-state index contributed by atoms with van der Waals surface area (Å²) in [4.78, 5) is 22.6. The van der Waals surface area contributed by atoms with Gasteiger partial charge in [0.25, 0.3) is 0 Å². The number of likely N-dealkylation sites (N-methyl/N-ethyl adjacent to an activating group) is 1. The van der Waals surface area contributed by atoms with Crippen molar-refractivity contribution < 1.29 is 9.34 Å². The average molecular weight is 345 g/mol. The molecule has 1 aromatic rings. The highest BCUT2D eigenvalue weighted by Crippen LogP contribution is 2.16. The smallest absolute Gasteiger partial charge is 0.238 e. The van der Waals surface area contributed by atoms with Crippen molar-refractivity contribution in [3.63, 3.8) is 0 Å². The van der Waals surface area contributed by atoms with E-state index in [9.17, 15) is 15.0 Å². The van der Waals surface area contributed by atoms with Gasteiger partial charge in [-0.2, -0.15) is 11.8 Å². The molecule has 0 fully saturated rings. The topological polar surface area (TPSA) is 104 Å². The van der Waals surface area contributed by atoms with Crippen LogP contribution in [-0.2, 0) is 12.3 Å². The van der Waals surface area contributed by atoms with E-state index in [1.807, 2.05) is 31.1 Å². The van der Waals surface area contributed by atoms with Gasteiger partial charge in [-0.1, -0.05) is 0 Å². The average Bonchev–Trinajstić information content (AvgIpc) is 2.91. The number of thioether (sulfide) groups is 1. The molecule has 1 aromatic heterocycles. The second-order valence-corrected chi connectivity index (χ2v) is 6.40. The summed E-state index contributed by atoms with van der Waals surface area (Å²) in [6, 6.07) is 3.92. The van der Waals surface area contributed by atoms with Gasteiger partial charge in [0.1, 0.15) is 11.5 Å². The Hall–Kier alpha value is -1.65. The monoisotopic (exact) mass is 345 g/mol. The van der Waals surface area contributed by atoms with Gasteiger partial charge in [-0.15, -0.1) is 4.91 Å². The van der Waals surface area contributed by atoms with Crippen molar-refractivity contribution >= 4 is 11.8 Å². The Kier molecular flexibility index (Phi) is 8.59. The van der Waals surface area contributed by atoms with Crippen molar-refractivity contribution in [1.82, 2.24) is 15.2 Å². The molecule has 23 heavy (non-hydrogen) atoms. The Morgan fingerprint density at radius 3 is 2.70 bits per heavy atom. The molecule has 0 saturated heterocycles. The molecular formula is C13H23N5O4S. The third-order valence-corrected chi connectivity index (χ3v) is 3.94. The van der Waals surface area contributed by atoms with Gasteiger partial charge in [-0.25, -0.2) is 5.01 Å². The van der Waals surface area contributed by atoms with E-state index in [1.165, 1.54) is 7.05 Å². The van der Waals surface area contributed by atoms with Gasteiger partial charge in [0, 0.05) is 24.3 Å². The fraction of sp³-hybridized carbons (Fsp3) is 0.692. The van der Waals surface area contributed by atoms with E-state index in [2.05, 4.69) is 10.6 Å². The standard InChI is InChI=1S/C13H23N5O4S/c1-16(2)8-11-4-5-12(22-11)10-23-7-6-14-13(9-18(20)21)17(3)15-19/h4-5,13-14H,6-10H2,1-3H3. The van der Waals surface area contributed by atoms with Crippen LogP contribution in [0.4, 0.5) is 0 Å². The minimum Gasteiger partial charge on any atom is -0.464 e. The normalized spacial score (nSPS) is 12.3. The van der Waals surface area contributed by atoms with Crippen molar-refractivity contribution in [2.45, 2.75) is 18.5 Å². The molecule has 0 aliphatic carbocycles. The van der Waals surface area contributed by atoms with Crippen LogP contribution < -0.4 is 5.32 Å². The molecule has 0 aliphatic rings.